The van der Waals surface area contributed by atoms with Gasteiger partial charge >= 0.3 is 6.09 Å². The Balaban J connectivity index is 1.76. The molecule has 1 aliphatic rings. The number of nitrogens with one attached hydrogen (secondary N) is 2. The van der Waals surface area contributed by atoms with Crippen LogP contribution in [0.3, 0.4) is 0 Å². The van der Waals surface area contributed by atoms with Crippen LogP contribution >= 0.6 is 0 Å². The molecule has 2 N–H and O–H groups in total. The second-order valence-corrected chi connectivity index (χ2v) is 8.56. The summed E-state index contributed by atoms with van der Waals surface area (Å²) in [6.45, 7) is 11.7. The summed E-state index contributed by atoms with van der Waals surface area (Å²) in [5.74, 6) is 2.88. The predicted molar refractivity (Wildman–Crippen MR) is 109 cm³/mol. The molecule has 28 heavy (non-hydrogen) atoms. The number of rotatable bonds is 5. The van der Waals surface area contributed by atoms with Gasteiger partial charge in [0.25, 0.3) is 0 Å². The normalized spacial score (nSPS) is 18.2. The highest BCUT2D eigenvalue weighted by atomic mass is 16.6. The SMILES string of the molecule is CN=C(NCC(C)CN(C)C(=O)OC(C)(C)C)NC1CCc2nc(C)nn2C1. The summed E-state index contributed by atoms with van der Waals surface area (Å²) in [6, 6.07) is 0.263. The fraction of sp³-hybridized carbons (Fsp3) is 0.789. The number of carbonyl (C=O) groups excluding carboxylic acids is 1. The average molecular weight is 394 g/mol. The van der Waals surface area contributed by atoms with Crippen molar-refractivity contribution in [3.63, 3.8) is 0 Å². The molecule has 0 saturated heterocycles. The van der Waals surface area contributed by atoms with Gasteiger partial charge in [-0.1, -0.05) is 6.92 Å². The van der Waals surface area contributed by atoms with Gasteiger partial charge in [0.05, 0.1) is 6.54 Å². The number of aromatic nitrogens is 3. The van der Waals surface area contributed by atoms with Crippen LogP contribution in [0.15, 0.2) is 4.99 Å². The number of ether oxygens (including phenoxy) is 1. The molecule has 1 aromatic rings. The number of aliphatic imine (C=N–C) groups is 1. The van der Waals surface area contributed by atoms with E-state index in [0.717, 1.165) is 37.0 Å². The third-order valence-corrected chi connectivity index (χ3v) is 4.44. The number of amides is 1. The van der Waals surface area contributed by atoms with Gasteiger partial charge in [0, 0.05) is 39.6 Å². The molecule has 9 heteroatoms. The van der Waals surface area contributed by atoms with Crippen LogP contribution in [0.25, 0.3) is 0 Å². The topological polar surface area (TPSA) is 96.7 Å². The van der Waals surface area contributed by atoms with Crippen molar-refractivity contribution in [2.45, 2.75) is 65.6 Å². The quantitative estimate of drug-likeness (QED) is 0.582. The number of guanidine groups is 1. The maximum atomic E-state index is 12.1. The Bertz CT molecular complexity index is 693. The van der Waals surface area contributed by atoms with E-state index in [0.29, 0.717) is 13.1 Å². The van der Waals surface area contributed by atoms with E-state index in [1.807, 2.05) is 32.4 Å². The molecule has 2 atom stereocenters. The summed E-state index contributed by atoms with van der Waals surface area (Å²) < 4.78 is 7.37. The molecule has 1 aromatic heterocycles. The second kappa shape index (κ2) is 9.25. The lowest BCUT2D eigenvalue weighted by atomic mass is 10.1. The van der Waals surface area contributed by atoms with Crippen LogP contribution in [-0.4, -0.2) is 70.5 Å². The monoisotopic (exact) mass is 393 g/mol. The van der Waals surface area contributed by atoms with Gasteiger partial charge in [-0.2, -0.15) is 5.10 Å². The Morgan fingerprint density at radius 2 is 2.18 bits per heavy atom. The summed E-state index contributed by atoms with van der Waals surface area (Å²) in [4.78, 5) is 22.5. The molecule has 1 amide bonds. The van der Waals surface area contributed by atoms with Crippen molar-refractivity contribution in [2.24, 2.45) is 10.9 Å². The van der Waals surface area contributed by atoms with Gasteiger partial charge in [-0.05, 0) is 40.0 Å². The molecule has 0 saturated carbocycles. The minimum Gasteiger partial charge on any atom is -0.444 e. The van der Waals surface area contributed by atoms with Gasteiger partial charge in [-0.15, -0.1) is 0 Å². The summed E-state index contributed by atoms with van der Waals surface area (Å²) >= 11 is 0. The van der Waals surface area contributed by atoms with Crippen LogP contribution < -0.4 is 10.6 Å². The number of fused-ring (bicyclic) bond motifs is 1. The lowest BCUT2D eigenvalue weighted by Gasteiger charge is -2.28. The third kappa shape index (κ3) is 6.69. The summed E-state index contributed by atoms with van der Waals surface area (Å²) in [6.07, 6.45) is 1.60. The number of hydrogen-bond donors (Lipinski definition) is 2. The van der Waals surface area contributed by atoms with Gasteiger partial charge in [-0.3, -0.25) is 4.99 Å². The van der Waals surface area contributed by atoms with E-state index in [1.54, 1.807) is 19.0 Å². The van der Waals surface area contributed by atoms with Crippen LogP contribution in [0.2, 0.25) is 0 Å². The largest absolute Gasteiger partial charge is 0.444 e. The van der Waals surface area contributed by atoms with Gasteiger partial charge in [-0.25, -0.2) is 14.5 Å². The molecule has 0 radical (unpaired) electrons. The van der Waals surface area contributed by atoms with Gasteiger partial charge in [0.2, 0.25) is 0 Å². The van der Waals surface area contributed by atoms with Crippen molar-refractivity contribution >= 4 is 12.1 Å². The van der Waals surface area contributed by atoms with E-state index in [4.69, 9.17) is 4.74 Å². The van der Waals surface area contributed by atoms with Crippen LogP contribution in [0.5, 0.6) is 0 Å². The minimum atomic E-state index is -0.485. The van der Waals surface area contributed by atoms with Crippen molar-refractivity contribution in [3.8, 4) is 0 Å². The molecule has 0 bridgehead atoms. The van der Waals surface area contributed by atoms with E-state index < -0.39 is 5.60 Å². The minimum absolute atomic E-state index is 0.243. The highest BCUT2D eigenvalue weighted by Crippen LogP contribution is 2.13. The highest BCUT2D eigenvalue weighted by molar-refractivity contribution is 5.80. The maximum Gasteiger partial charge on any atom is 0.410 e. The molecule has 0 aromatic carbocycles. The molecule has 158 valence electrons. The summed E-state index contributed by atoms with van der Waals surface area (Å²) in [5.41, 5.74) is -0.485. The Hall–Kier alpha value is -2.32. The lowest BCUT2D eigenvalue weighted by Crippen LogP contribution is -2.48. The van der Waals surface area contributed by atoms with Crippen LogP contribution in [0, 0.1) is 12.8 Å². The molecule has 9 nitrogen and oxygen atoms in total. The molecule has 2 unspecified atom stereocenters. The molecule has 2 rings (SSSR count). The van der Waals surface area contributed by atoms with Crippen LogP contribution in [0.4, 0.5) is 4.79 Å². The summed E-state index contributed by atoms with van der Waals surface area (Å²) in [7, 11) is 3.53. The molecule has 0 fully saturated rings. The Kier molecular flexibility index (Phi) is 7.26. The first kappa shape index (κ1) is 22.0. The molecular weight excluding hydrogens is 358 g/mol. The Labute approximate surface area is 167 Å². The van der Waals surface area contributed by atoms with E-state index in [2.05, 4.69) is 32.6 Å². The van der Waals surface area contributed by atoms with Crippen LogP contribution in [0.1, 0.15) is 45.8 Å². The standard InChI is InChI=1S/C19H35N7O2/c1-13(11-25(7)18(27)28-19(3,4)5)10-21-17(20-6)23-15-8-9-16-22-14(2)24-26(16)12-15/h13,15H,8-12H2,1-7H3,(H2,20,21,23). The fourth-order valence-electron chi connectivity index (χ4n) is 3.16. The average Bonchev–Trinajstić information content (AvgIpc) is 2.96. The van der Waals surface area contributed by atoms with Gasteiger partial charge < -0.3 is 20.3 Å². The Morgan fingerprint density at radius 1 is 1.46 bits per heavy atom. The predicted octanol–water partition coefficient (Wildman–Crippen LogP) is 1.57. The van der Waals surface area contributed by atoms with Crippen molar-refractivity contribution in [2.75, 3.05) is 27.2 Å². The lowest BCUT2D eigenvalue weighted by molar-refractivity contribution is 0.0278. The van der Waals surface area contributed by atoms with E-state index in [9.17, 15) is 4.79 Å². The second-order valence-electron chi connectivity index (χ2n) is 8.56. The molecule has 1 aliphatic heterocycles. The van der Waals surface area contributed by atoms with E-state index in [-0.39, 0.29) is 18.1 Å². The first-order valence-electron chi connectivity index (χ1n) is 9.89. The zero-order chi connectivity index (χ0) is 20.9. The first-order valence-corrected chi connectivity index (χ1v) is 9.89. The smallest absolute Gasteiger partial charge is 0.410 e. The van der Waals surface area contributed by atoms with E-state index in [1.165, 1.54) is 0 Å². The maximum absolute atomic E-state index is 12.1. The summed E-state index contributed by atoms with van der Waals surface area (Å²) in [5, 5.41) is 11.3. The highest BCUT2D eigenvalue weighted by Gasteiger charge is 2.23. The number of hydrogen-bond acceptors (Lipinski definition) is 5. The van der Waals surface area contributed by atoms with Gasteiger partial charge in [0.1, 0.15) is 17.2 Å². The van der Waals surface area contributed by atoms with Crippen molar-refractivity contribution in [1.82, 2.24) is 30.3 Å². The van der Waals surface area contributed by atoms with E-state index >= 15 is 0 Å². The molecule has 2 heterocycles. The zero-order valence-electron chi connectivity index (χ0n) is 18.2. The first-order chi connectivity index (χ1) is 13.1. The molecular formula is C19H35N7O2. The third-order valence-electron chi connectivity index (χ3n) is 4.44. The number of carbonyl (C=O) groups is 1. The van der Waals surface area contributed by atoms with Gasteiger partial charge in [0.15, 0.2) is 5.96 Å². The van der Waals surface area contributed by atoms with Crippen molar-refractivity contribution in [1.29, 1.82) is 0 Å². The Morgan fingerprint density at radius 3 is 2.82 bits per heavy atom. The van der Waals surface area contributed by atoms with Crippen LogP contribution in [-0.2, 0) is 17.7 Å². The number of aryl methyl sites for hydroxylation is 2. The molecule has 0 aliphatic carbocycles. The van der Waals surface area contributed by atoms with Crippen molar-refractivity contribution < 1.29 is 9.53 Å². The van der Waals surface area contributed by atoms with Crippen molar-refractivity contribution in [3.05, 3.63) is 11.6 Å². The zero-order valence-corrected chi connectivity index (χ0v) is 18.2. The fourth-order valence-corrected chi connectivity index (χ4v) is 3.16. The number of nitrogens with zero attached hydrogens (tertiary/aromatic N) is 5. The molecule has 0 spiro atoms.